The average Bonchev–Trinajstić information content (AvgIpc) is 1.93. The van der Waals surface area contributed by atoms with E-state index in [2.05, 4.69) is 0 Å². The molecule has 0 unspecified atom stereocenters. The molecule has 3 nitrogen and oxygen atoms in total. The lowest BCUT2D eigenvalue weighted by Gasteiger charge is -2.02. The third-order valence-electron chi connectivity index (χ3n) is 0.865. The first-order valence-electron chi connectivity index (χ1n) is 3.64. The highest BCUT2D eigenvalue weighted by molar-refractivity contribution is 5.53. The molecule has 0 aromatic heterocycles. The Morgan fingerprint density at radius 3 is 1.19 bits per heavy atom. The van der Waals surface area contributed by atoms with Crippen molar-refractivity contribution in [3.63, 3.8) is 0 Å². The van der Waals surface area contributed by atoms with E-state index in [0.29, 0.717) is 12.2 Å². The maximum atomic E-state index is 11.3. The van der Waals surface area contributed by atoms with Crippen LogP contribution in [0.2, 0.25) is 0 Å². The van der Waals surface area contributed by atoms with Crippen LogP contribution in [0.1, 0.15) is 12.8 Å². The lowest BCUT2D eigenvalue weighted by Crippen LogP contribution is -2.06. The fourth-order valence-electron chi connectivity index (χ4n) is 0.434. The normalized spacial score (nSPS) is 12.1. The zero-order valence-electron chi connectivity index (χ0n) is 7.64. The van der Waals surface area contributed by atoms with Gasteiger partial charge in [-0.25, -0.2) is 4.79 Å². The number of hydrogen-bond donors (Lipinski definition) is 2. The van der Waals surface area contributed by atoms with E-state index in [0.717, 1.165) is 0 Å². The molecule has 0 saturated carbocycles. The number of carbonyl (C=O) groups is 1. The molecule has 96 valence electrons. The summed E-state index contributed by atoms with van der Waals surface area (Å²) < 4.78 is 68.1. The molecule has 2 N–H and O–H groups in total. The van der Waals surface area contributed by atoms with E-state index in [1.807, 2.05) is 0 Å². The van der Waals surface area contributed by atoms with Crippen LogP contribution in [-0.4, -0.2) is 28.7 Å². The van der Waals surface area contributed by atoms with Crippen molar-refractivity contribution in [2.45, 2.75) is 25.2 Å². The molecule has 0 spiro atoms. The van der Waals surface area contributed by atoms with Crippen LogP contribution in [-0.2, 0) is 0 Å². The summed E-state index contributed by atoms with van der Waals surface area (Å²) in [6, 6.07) is 0. The van der Waals surface area contributed by atoms with E-state index >= 15 is 0 Å². The number of rotatable bonds is 2. The van der Waals surface area contributed by atoms with Crippen LogP contribution in [0.3, 0.4) is 0 Å². The van der Waals surface area contributed by atoms with Crippen molar-refractivity contribution in [2.24, 2.45) is 0 Å². The predicted octanol–water partition coefficient (Wildman–Crippen LogP) is 3.67. The van der Waals surface area contributed by atoms with E-state index in [9.17, 15) is 26.3 Å². The molecule has 0 aliphatic rings. The smallest absolute Gasteiger partial charge is 0.450 e. The average molecular weight is 254 g/mol. The highest BCUT2D eigenvalue weighted by atomic mass is 19.4. The van der Waals surface area contributed by atoms with E-state index in [1.165, 1.54) is 0 Å². The van der Waals surface area contributed by atoms with Crippen LogP contribution in [0.5, 0.6) is 0 Å². The lowest BCUT2D eigenvalue weighted by molar-refractivity contribution is -0.129. The first-order valence-corrected chi connectivity index (χ1v) is 3.64. The molecular formula is C7H8F6O3. The molecule has 16 heavy (non-hydrogen) atoms. The monoisotopic (exact) mass is 254 g/mol. The minimum absolute atomic E-state index is 0.466. The summed E-state index contributed by atoms with van der Waals surface area (Å²) in [5.74, 6) is 0. The molecule has 0 saturated heterocycles. The third-order valence-corrected chi connectivity index (χ3v) is 0.865. The van der Waals surface area contributed by atoms with Gasteiger partial charge in [-0.05, 0) is 0 Å². The number of allylic oxidation sites excluding steroid dienone is 2. The molecule has 0 radical (unpaired) electrons. The zero-order chi connectivity index (χ0) is 13.4. The molecule has 9 heteroatoms. The fourth-order valence-corrected chi connectivity index (χ4v) is 0.434. The molecule has 0 aromatic rings. The molecule has 0 atom stereocenters. The van der Waals surface area contributed by atoms with E-state index in [-0.39, 0.29) is 0 Å². The van der Waals surface area contributed by atoms with Crippen molar-refractivity contribution in [2.75, 3.05) is 0 Å². The second-order valence-corrected chi connectivity index (χ2v) is 2.39. The summed E-state index contributed by atoms with van der Waals surface area (Å²) in [5, 5.41) is 13.9. The Bertz CT molecular complexity index is 207. The first kappa shape index (κ1) is 17.0. The largest absolute Gasteiger partial charge is 0.503 e. The van der Waals surface area contributed by atoms with Gasteiger partial charge in [-0.2, -0.15) is 26.3 Å². The molecule has 0 aliphatic heterocycles. The topological polar surface area (TPSA) is 57.5 Å². The van der Waals surface area contributed by atoms with Gasteiger partial charge in [-0.3, -0.25) is 0 Å². The van der Waals surface area contributed by atoms with Crippen molar-refractivity contribution < 1.29 is 41.4 Å². The lowest BCUT2D eigenvalue weighted by atomic mass is 10.3. The SMILES string of the molecule is FC(F)(F)CC=CCC(F)(F)F.O=C(O)O. The summed E-state index contributed by atoms with van der Waals surface area (Å²) in [5.41, 5.74) is 0. The Hall–Kier alpha value is -1.41. The fraction of sp³-hybridized carbons (Fsp3) is 0.571. The Morgan fingerprint density at radius 1 is 0.875 bits per heavy atom. The summed E-state index contributed by atoms with van der Waals surface area (Å²) in [6.07, 6.45) is -12.4. The van der Waals surface area contributed by atoms with E-state index in [4.69, 9.17) is 15.0 Å². The van der Waals surface area contributed by atoms with Crippen molar-refractivity contribution in [3.05, 3.63) is 12.2 Å². The summed E-state index contributed by atoms with van der Waals surface area (Å²) in [4.78, 5) is 8.56. The van der Waals surface area contributed by atoms with Gasteiger partial charge in [0.1, 0.15) is 0 Å². The van der Waals surface area contributed by atoms with Crippen molar-refractivity contribution in [1.82, 2.24) is 0 Å². The second kappa shape index (κ2) is 6.96. The molecule has 0 aromatic carbocycles. The quantitative estimate of drug-likeness (QED) is 0.583. The highest BCUT2D eigenvalue weighted by Gasteiger charge is 2.27. The zero-order valence-corrected chi connectivity index (χ0v) is 7.64. The molecule has 0 heterocycles. The third kappa shape index (κ3) is 29.4. The number of hydrogen-bond acceptors (Lipinski definition) is 1. The molecule has 0 bridgehead atoms. The maximum absolute atomic E-state index is 11.3. The van der Waals surface area contributed by atoms with Gasteiger partial charge in [0.2, 0.25) is 0 Å². The minimum Gasteiger partial charge on any atom is -0.450 e. The predicted molar refractivity (Wildman–Crippen MR) is 41.1 cm³/mol. The van der Waals surface area contributed by atoms with Crippen molar-refractivity contribution >= 4 is 6.16 Å². The van der Waals surface area contributed by atoms with Crippen LogP contribution in [0, 0.1) is 0 Å². The van der Waals surface area contributed by atoms with Gasteiger partial charge in [0.15, 0.2) is 0 Å². The summed E-state index contributed by atoms with van der Waals surface area (Å²) in [6.45, 7) is 0. The van der Waals surface area contributed by atoms with Gasteiger partial charge in [-0.15, -0.1) is 0 Å². The minimum atomic E-state index is -4.43. The summed E-state index contributed by atoms with van der Waals surface area (Å²) in [7, 11) is 0. The van der Waals surface area contributed by atoms with Crippen molar-refractivity contribution in [3.8, 4) is 0 Å². The van der Waals surface area contributed by atoms with Gasteiger partial charge in [0, 0.05) is 0 Å². The van der Waals surface area contributed by atoms with Crippen LogP contribution in [0.15, 0.2) is 12.2 Å². The van der Waals surface area contributed by atoms with Crippen LogP contribution in [0.25, 0.3) is 0 Å². The van der Waals surface area contributed by atoms with E-state index in [1.54, 1.807) is 0 Å². The van der Waals surface area contributed by atoms with Gasteiger partial charge in [-0.1, -0.05) is 12.2 Å². The Labute approximate surface area is 86.0 Å². The Kier molecular flexibility index (Phi) is 7.40. The van der Waals surface area contributed by atoms with Gasteiger partial charge < -0.3 is 10.2 Å². The Balaban J connectivity index is 0. The van der Waals surface area contributed by atoms with Gasteiger partial charge in [0.05, 0.1) is 12.8 Å². The van der Waals surface area contributed by atoms with E-state index < -0.39 is 31.3 Å². The molecule has 0 rings (SSSR count). The van der Waals surface area contributed by atoms with Gasteiger partial charge in [0.25, 0.3) is 0 Å². The molecule has 0 fully saturated rings. The van der Waals surface area contributed by atoms with Gasteiger partial charge >= 0.3 is 18.5 Å². The highest BCUT2D eigenvalue weighted by Crippen LogP contribution is 2.22. The number of carboxylic acid groups (broad SMARTS) is 2. The van der Waals surface area contributed by atoms with Crippen molar-refractivity contribution in [1.29, 1.82) is 0 Å². The summed E-state index contributed by atoms with van der Waals surface area (Å²) >= 11 is 0. The van der Waals surface area contributed by atoms with Crippen LogP contribution < -0.4 is 0 Å². The Morgan fingerprint density at radius 2 is 1.06 bits per heavy atom. The molecular weight excluding hydrogens is 246 g/mol. The maximum Gasteiger partial charge on any atom is 0.503 e. The number of alkyl halides is 6. The molecule has 0 aliphatic carbocycles. The second-order valence-electron chi connectivity index (χ2n) is 2.39. The molecule has 0 amide bonds. The number of halogens is 6. The standard InChI is InChI=1S/C6H6F6.CH2O3/c7-5(8,9)3-1-2-4-6(10,11)12;2-1(3)4/h1-2H,3-4H2;(H2,2,3,4). The van der Waals surface area contributed by atoms with Crippen LogP contribution in [0.4, 0.5) is 31.1 Å². The van der Waals surface area contributed by atoms with Crippen LogP contribution >= 0.6 is 0 Å². The first-order chi connectivity index (χ1) is 6.94.